The van der Waals surface area contributed by atoms with E-state index in [0.717, 1.165) is 37.4 Å². The predicted octanol–water partition coefficient (Wildman–Crippen LogP) is 2.56. The average molecular weight is 268 g/mol. The van der Waals surface area contributed by atoms with E-state index in [9.17, 15) is 0 Å². The van der Waals surface area contributed by atoms with Crippen LogP contribution in [0.5, 0.6) is 0 Å². The molecule has 2 heterocycles. The topological polar surface area (TPSA) is 49.8 Å². The molecule has 0 amide bonds. The maximum Gasteiger partial charge on any atom is 0.144 e. The molecule has 1 aliphatic heterocycles. The second-order valence-electron chi connectivity index (χ2n) is 5.14. The van der Waals surface area contributed by atoms with Gasteiger partial charge in [-0.25, -0.2) is 4.98 Å². The van der Waals surface area contributed by atoms with E-state index in [0.29, 0.717) is 6.04 Å². The molecule has 1 unspecified atom stereocenters. The van der Waals surface area contributed by atoms with Gasteiger partial charge in [-0.05, 0) is 31.4 Å². The van der Waals surface area contributed by atoms with E-state index in [4.69, 9.17) is 0 Å². The van der Waals surface area contributed by atoms with Crippen LogP contribution in [0.3, 0.4) is 0 Å². The molecule has 0 bridgehead atoms. The molecule has 1 aromatic heterocycles. The van der Waals surface area contributed by atoms with E-state index in [-0.39, 0.29) is 0 Å². The molecular weight excluding hydrogens is 248 g/mol. The van der Waals surface area contributed by atoms with Crippen molar-refractivity contribution < 1.29 is 0 Å². The molecule has 1 aromatic carbocycles. The highest BCUT2D eigenvalue weighted by molar-refractivity contribution is 5.33. The molecule has 1 aliphatic rings. The van der Waals surface area contributed by atoms with Crippen LogP contribution >= 0.6 is 0 Å². The molecule has 4 heteroatoms. The van der Waals surface area contributed by atoms with Crippen LogP contribution in [-0.4, -0.2) is 23.1 Å². The molecule has 2 aromatic rings. The number of hydrogen-bond donors (Lipinski definition) is 2. The van der Waals surface area contributed by atoms with Gasteiger partial charge < -0.3 is 10.6 Å². The summed E-state index contributed by atoms with van der Waals surface area (Å²) in [5, 5.41) is 6.81. The standard InChI is InChI=1S/C16H20N4/c1-2-5-13(6-3-1)8-10-19-16-12-17-11-15(20-16)14-7-4-9-18-14/h1-3,5-6,11-12,14,18H,4,7-10H2,(H,19,20). The molecule has 104 valence electrons. The Hall–Kier alpha value is -1.94. The van der Waals surface area contributed by atoms with Crippen LogP contribution in [0.15, 0.2) is 42.7 Å². The van der Waals surface area contributed by atoms with E-state index in [2.05, 4.69) is 44.9 Å². The molecular formula is C16H20N4. The quantitative estimate of drug-likeness (QED) is 0.875. The minimum absolute atomic E-state index is 0.373. The van der Waals surface area contributed by atoms with Crippen molar-refractivity contribution in [2.45, 2.75) is 25.3 Å². The van der Waals surface area contributed by atoms with Crippen LogP contribution in [0.4, 0.5) is 5.82 Å². The van der Waals surface area contributed by atoms with E-state index >= 15 is 0 Å². The summed E-state index contributed by atoms with van der Waals surface area (Å²) in [5.74, 6) is 0.868. The number of rotatable bonds is 5. The fourth-order valence-electron chi connectivity index (χ4n) is 2.55. The lowest BCUT2D eigenvalue weighted by atomic mass is 10.1. The first-order valence-electron chi connectivity index (χ1n) is 7.25. The Labute approximate surface area is 119 Å². The summed E-state index contributed by atoms with van der Waals surface area (Å²) < 4.78 is 0. The Morgan fingerprint density at radius 3 is 2.90 bits per heavy atom. The van der Waals surface area contributed by atoms with Crippen LogP contribution in [0.1, 0.15) is 30.1 Å². The van der Waals surface area contributed by atoms with Gasteiger partial charge in [-0.2, -0.15) is 0 Å². The molecule has 1 saturated heterocycles. The van der Waals surface area contributed by atoms with Crippen LogP contribution in [0, 0.1) is 0 Å². The zero-order chi connectivity index (χ0) is 13.6. The van der Waals surface area contributed by atoms with E-state index < -0.39 is 0 Å². The number of nitrogens with zero attached hydrogens (tertiary/aromatic N) is 2. The first kappa shape index (κ1) is 13.1. The maximum atomic E-state index is 4.65. The van der Waals surface area contributed by atoms with Gasteiger partial charge >= 0.3 is 0 Å². The zero-order valence-corrected chi connectivity index (χ0v) is 11.5. The molecule has 0 aliphatic carbocycles. The van der Waals surface area contributed by atoms with Gasteiger partial charge in [0.1, 0.15) is 5.82 Å². The molecule has 4 nitrogen and oxygen atoms in total. The first-order valence-corrected chi connectivity index (χ1v) is 7.25. The summed E-state index contributed by atoms with van der Waals surface area (Å²) in [4.78, 5) is 8.94. The Bertz CT molecular complexity index is 535. The fourth-order valence-corrected chi connectivity index (χ4v) is 2.55. The summed E-state index contributed by atoms with van der Waals surface area (Å²) >= 11 is 0. The minimum Gasteiger partial charge on any atom is -0.368 e. The Morgan fingerprint density at radius 2 is 2.10 bits per heavy atom. The highest BCUT2D eigenvalue weighted by Gasteiger charge is 2.17. The van der Waals surface area contributed by atoms with Crippen molar-refractivity contribution in [3.05, 3.63) is 54.0 Å². The molecule has 0 saturated carbocycles. The lowest BCUT2D eigenvalue weighted by molar-refractivity contribution is 0.625. The van der Waals surface area contributed by atoms with E-state index in [1.54, 1.807) is 6.20 Å². The Kier molecular flexibility index (Phi) is 4.23. The predicted molar refractivity (Wildman–Crippen MR) is 80.6 cm³/mol. The van der Waals surface area contributed by atoms with Crippen molar-refractivity contribution in [1.82, 2.24) is 15.3 Å². The molecule has 2 N–H and O–H groups in total. The lowest BCUT2D eigenvalue weighted by Gasteiger charge is -2.11. The Balaban J connectivity index is 1.56. The van der Waals surface area contributed by atoms with Gasteiger partial charge in [0.25, 0.3) is 0 Å². The van der Waals surface area contributed by atoms with Crippen molar-refractivity contribution in [2.24, 2.45) is 0 Å². The summed E-state index contributed by atoms with van der Waals surface area (Å²) in [7, 11) is 0. The lowest BCUT2D eigenvalue weighted by Crippen LogP contribution is -2.15. The van der Waals surface area contributed by atoms with Gasteiger partial charge in [0.15, 0.2) is 0 Å². The van der Waals surface area contributed by atoms with Crippen molar-refractivity contribution in [2.75, 3.05) is 18.4 Å². The average Bonchev–Trinajstić information content (AvgIpc) is 3.03. The van der Waals surface area contributed by atoms with Crippen LogP contribution in [0.25, 0.3) is 0 Å². The van der Waals surface area contributed by atoms with Gasteiger partial charge in [0, 0.05) is 6.54 Å². The normalized spacial score (nSPS) is 18.1. The molecule has 20 heavy (non-hydrogen) atoms. The minimum atomic E-state index is 0.373. The van der Waals surface area contributed by atoms with Crippen molar-refractivity contribution >= 4 is 5.82 Å². The van der Waals surface area contributed by atoms with Gasteiger partial charge in [0.05, 0.1) is 24.1 Å². The highest BCUT2D eigenvalue weighted by Crippen LogP contribution is 2.21. The highest BCUT2D eigenvalue weighted by atomic mass is 15.0. The van der Waals surface area contributed by atoms with Crippen LogP contribution in [-0.2, 0) is 6.42 Å². The van der Waals surface area contributed by atoms with Gasteiger partial charge in [0.2, 0.25) is 0 Å². The third kappa shape index (κ3) is 3.33. The third-order valence-corrected chi connectivity index (χ3v) is 3.63. The maximum absolute atomic E-state index is 4.65. The summed E-state index contributed by atoms with van der Waals surface area (Å²) in [6, 6.07) is 10.8. The molecule has 1 fully saturated rings. The summed E-state index contributed by atoms with van der Waals surface area (Å²) in [5.41, 5.74) is 2.38. The Morgan fingerprint density at radius 1 is 1.20 bits per heavy atom. The van der Waals surface area contributed by atoms with Crippen molar-refractivity contribution in [1.29, 1.82) is 0 Å². The van der Waals surface area contributed by atoms with E-state index in [1.165, 1.54) is 12.0 Å². The number of nitrogens with one attached hydrogen (secondary N) is 2. The number of anilines is 1. The van der Waals surface area contributed by atoms with Gasteiger partial charge in [-0.3, -0.25) is 4.98 Å². The fraction of sp³-hybridized carbons (Fsp3) is 0.375. The SMILES string of the molecule is c1ccc(CCNc2cncc(C3CCCN3)n2)cc1. The van der Waals surface area contributed by atoms with Crippen LogP contribution in [0.2, 0.25) is 0 Å². The van der Waals surface area contributed by atoms with Crippen LogP contribution < -0.4 is 10.6 Å². The second kappa shape index (κ2) is 6.48. The smallest absolute Gasteiger partial charge is 0.144 e. The zero-order valence-electron chi connectivity index (χ0n) is 11.5. The van der Waals surface area contributed by atoms with Crippen molar-refractivity contribution in [3.8, 4) is 0 Å². The first-order chi connectivity index (χ1) is 9.92. The van der Waals surface area contributed by atoms with E-state index in [1.807, 2.05) is 12.3 Å². The third-order valence-electron chi connectivity index (χ3n) is 3.63. The van der Waals surface area contributed by atoms with Crippen molar-refractivity contribution in [3.63, 3.8) is 0 Å². The number of aromatic nitrogens is 2. The number of benzene rings is 1. The summed E-state index contributed by atoms with van der Waals surface area (Å²) in [6.07, 6.45) is 7.03. The van der Waals surface area contributed by atoms with Gasteiger partial charge in [-0.15, -0.1) is 0 Å². The molecule has 3 rings (SSSR count). The monoisotopic (exact) mass is 268 g/mol. The summed E-state index contributed by atoms with van der Waals surface area (Å²) in [6.45, 7) is 1.96. The number of hydrogen-bond acceptors (Lipinski definition) is 4. The second-order valence-corrected chi connectivity index (χ2v) is 5.14. The molecule has 0 spiro atoms. The molecule has 0 radical (unpaired) electrons. The largest absolute Gasteiger partial charge is 0.368 e. The van der Waals surface area contributed by atoms with Gasteiger partial charge in [-0.1, -0.05) is 30.3 Å². The molecule has 1 atom stereocenters.